The molecule has 1 amide bonds. The first-order valence-electron chi connectivity index (χ1n) is 9.94. The van der Waals surface area contributed by atoms with E-state index in [1.165, 1.54) is 0 Å². The van der Waals surface area contributed by atoms with E-state index in [1.54, 1.807) is 0 Å². The normalized spacial score (nSPS) is 30.1. The van der Waals surface area contributed by atoms with E-state index < -0.39 is 27.4 Å². The summed E-state index contributed by atoms with van der Waals surface area (Å²) >= 11 is 0. The second kappa shape index (κ2) is 6.93. The van der Waals surface area contributed by atoms with Crippen LogP contribution in [0.25, 0.3) is 0 Å². The van der Waals surface area contributed by atoms with Gasteiger partial charge in [0.15, 0.2) is 11.9 Å². The fourth-order valence-corrected chi connectivity index (χ4v) is 6.96. The molecule has 1 aliphatic heterocycles. The molecular formula is C21H26N2O5S. The monoisotopic (exact) mass is 418 g/mol. The molecular weight excluding hydrogens is 392 g/mol. The molecule has 2 bridgehead atoms. The molecule has 1 aromatic rings. The molecule has 7 nitrogen and oxygen atoms in total. The van der Waals surface area contributed by atoms with E-state index in [1.807, 2.05) is 44.2 Å². The Hall–Kier alpha value is -2.22. The lowest BCUT2D eigenvalue weighted by molar-refractivity contribution is -0.128. The molecule has 0 spiro atoms. The van der Waals surface area contributed by atoms with Crippen LogP contribution >= 0.6 is 0 Å². The molecule has 0 unspecified atom stereocenters. The lowest BCUT2D eigenvalue weighted by Crippen LogP contribution is -2.48. The van der Waals surface area contributed by atoms with E-state index in [-0.39, 0.29) is 29.5 Å². The number of hydrogen-bond acceptors (Lipinski definition) is 6. The highest BCUT2D eigenvalue weighted by Gasteiger charge is 2.65. The Morgan fingerprint density at radius 2 is 2.00 bits per heavy atom. The Bertz CT molecular complexity index is 970. The van der Waals surface area contributed by atoms with Gasteiger partial charge in [-0.1, -0.05) is 44.2 Å². The molecule has 1 heterocycles. The number of benzene rings is 1. The van der Waals surface area contributed by atoms with Crippen molar-refractivity contribution in [1.29, 1.82) is 0 Å². The lowest BCUT2D eigenvalue weighted by Gasteiger charge is -2.36. The van der Waals surface area contributed by atoms with Crippen LogP contribution in [0.4, 0.5) is 0 Å². The quantitative estimate of drug-likeness (QED) is 0.760. The molecule has 8 heteroatoms. The van der Waals surface area contributed by atoms with Crippen LogP contribution < -0.4 is 4.72 Å². The minimum Gasteiger partial charge on any atom is -0.478 e. The number of fused-ring (bicyclic) bond motifs is 2. The number of carbonyl (C=O) groups is 2. The Labute approximate surface area is 171 Å². The van der Waals surface area contributed by atoms with Crippen molar-refractivity contribution < 1.29 is 22.7 Å². The van der Waals surface area contributed by atoms with Crippen molar-refractivity contribution in [3.05, 3.63) is 35.9 Å². The van der Waals surface area contributed by atoms with Crippen LogP contribution in [0.1, 0.15) is 38.7 Å². The van der Waals surface area contributed by atoms with Crippen LogP contribution in [0.15, 0.2) is 35.3 Å². The number of ether oxygens (including phenoxy) is 1. The number of carbonyl (C=O) groups excluding carboxylic acids is 2. The Morgan fingerprint density at radius 3 is 2.62 bits per heavy atom. The van der Waals surface area contributed by atoms with Gasteiger partial charge < -0.3 is 4.74 Å². The summed E-state index contributed by atoms with van der Waals surface area (Å²) < 4.78 is 33.2. The van der Waals surface area contributed by atoms with Gasteiger partial charge in [-0.15, -0.1) is 0 Å². The SMILES string of the molecule is CC1(C)[C@H]2CC[C@]1(CS(=O)(=O)NC(=O)[C@@H]1COC(Cc3ccccc3)=N1)C(=O)C2. The standard InChI is InChI=1S/C21H26N2O5S/c1-20(2)15-8-9-21(20,17(24)11-15)13-29(26,27)23-19(25)16-12-28-18(22-16)10-14-6-4-3-5-7-14/h3-7,15-16H,8-13H2,1-2H3,(H,23,25)/t15-,16-,21-/m0/s1. The van der Waals surface area contributed by atoms with Crippen molar-refractivity contribution in [1.82, 2.24) is 4.72 Å². The van der Waals surface area contributed by atoms with Gasteiger partial charge in [0, 0.05) is 12.8 Å². The number of ketones is 1. The van der Waals surface area contributed by atoms with E-state index in [2.05, 4.69) is 9.71 Å². The molecule has 2 saturated carbocycles. The lowest BCUT2D eigenvalue weighted by atomic mass is 9.70. The number of sulfonamides is 1. The third-order valence-corrected chi connectivity index (χ3v) is 8.43. The maximum Gasteiger partial charge on any atom is 0.261 e. The fraction of sp³-hybridized carbons (Fsp3) is 0.571. The van der Waals surface area contributed by atoms with Gasteiger partial charge in [-0.05, 0) is 29.7 Å². The van der Waals surface area contributed by atoms with Crippen LogP contribution in [0.3, 0.4) is 0 Å². The minimum atomic E-state index is -3.97. The number of aliphatic imine (C=N–C) groups is 1. The van der Waals surface area contributed by atoms with Gasteiger partial charge in [-0.25, -0.2) is 13.4 Å². The third-order valence-electron chi connectivity index (χ3n) is 7.04. The summed E-state index contributed by atoms with van der Waals surface area (Å²) in [7, 11) is -3.97. The summed E-state index contributed by atoms with van der Waals surface area (Å²) in [6.07, 6.45) is 2.29. The molecule has 2 fully saturated rings. The molecule has 3 atom stereocenters. The molecule has 0 radical (unpaired) electrons. The summed E-state index contributed by atoms with van der Waals surface area (Å²) in [5.41, 5.74) is -0.284. The van der Waals surface area contributed by atoms with Crippen LogP contribution in [-0.4, -0.2) is 44.4 Å². The summed E-state index contributed by atoms with van der Waals surface area (Å²) in [5, 5.41) is 0. The van der Waals surface area contributed by atoms with Gasteiger partial charge in [-0.2, -0.15) is 0 Å². The molecule has 0 saturated heterocycles. The van der Waals surface area contributed by atoms with E-state index in [0.29, 0.717) is 25.2 Å². The van der Waals surface area contributed by atoms with Crippen molar-refractivity contribution in [3.63, 3.8) is 0 Å². The van der Waals surface area contributed by atoms with Gasteiger partial charge in [0.1, 0.15) is 12.4 Å². The molecule has 156 valence electrons. The molecule has 3 aliphatic rings. The zero-order chi connectivity index (χ0) is 20.9. The summed E-state index contributed by atoms with van der Waals surface area (Å²) in [4.78, 5) is 29.3. The van der Waals surface area contributed by atoms with Crippen molar-refractivity contribution in [3.8, 4) is 0 Å². The average molecular weight is 419 g/mol. The number of nitrogens with zero attached hydrogens (tertiary/aromatic N) is 1. The Balaban J connectivity index is 1.42. The van der Waals surface area contributed by atoms with Gasteiger partial charge in [0.25, 0.3) is 5.91 Å². The van der Waals surface area contributed by atoms with Crippen LogP contribution in [0, 0.1) is 16.7 Å². The predicted molar refractivity (Wildman–Crippen MR) is 108 cm³/mol. The first-order chi connectivity index (χ1) is 13.6. The Kier molecular flexibility index (Phi) is 4.80. The zero-order valence-electron chi connectivity index (χ0n) is 16.7. The maximum absolute atomic E-state index is 12.8. The molecule has 1 N–H and O–H groups in total. The summed E-state index contributed by atoms with van der Waals surface area (Å²) in [6, 6.07) is 8.67. The van der Waals surface area contributed by atoms with Gasteiger partial charge in [0.2, 0.25) is 10.0 Å². The minimum absolute atomic E-state index is 0.00365. The second-order valence-corrected chi connectivity index (χ2v) is 10.6. The molecule has 1 aromatic carbocycles. The first kappa shape index (κ1) is 20.1. The van der Waals surface area contributed by atoms with E-state index >= 15 is 0 Å². The van der Waals surface area contributed by atoms with Crippen LogP contribution in [-0.2, 0) is 30.8 Å². The van der Waals surface area contributed by atoms with Gasteiger partial charge >= 0.3 is 0 Å². The largest absolute Gasteiger partial charge is 0.478 e. The topological polar surface area (TPSA) is 102 Å². The third kappa shape index (κ3) is 3.47. The van der Waals surface area contributed by atoms with Crippen molar-refractivity contribution >= 4 is 27.6 Å². The average Bonchev–Trinajstić information content (AvgIpc) is 3.25. The van der Waals surface area contributed by atoms with Crippen LogP contribution in [0.5, 0.6) is 0 Å². The van der Waals surface area contributed by atoms with E-state index in [9.17, 15) is 18.0 Å². The van der Waals surface area contributed by atoms with E-state index in [0.717, 1.165) is 12.0 Å². The van der Waals surface area contributed by atoms with Crippen LogP contribution in [0.2, 0.25) is 0 Å². The molecule has 4 rings (SSSR count). The number of nitrogens with one attached hydrogen (secondary N) is 1. The van der Waals surface area contributed by atoms with E-state index in [4.69, 9.17) is 4.74 Å². The number of rotatable bonds is 6. The number of amides is 1. The predicted octanol–water partition coefficient (Wildman–Crippen LogP) is 1.87. The first-order valence-corrected chi connectivity index (χ1v) is 11.6. The summed E-state index contributed by atoms with van der Waals surface area (Å²) in [5.74, 6) is -0.416. The maximum atomic E-state index is 12.8. The second-order valence-electron chi connectivity index (χ2n) is 8.90. The number of hydrogen-bond donors (Lipinski definition) is 1. The molecule has 2 aliphatic carbocycles. The number of Topliss-reactive ketones (excluding diaryl/α,β-unsaturated/α-hetero) is 1. The van der Waals surface area contributed by atoms with Gasteiger partial charge in [-0.3, -0.25) is 14.3 Å². The van der Waals surface area contributed by atoms with Crippen molar-refractivity contribution in [2.45, 2.75) is 45.6 Å². The molecule has 0 aromatic heterocycles. The summed E-state index contributed by atoms with van der Waals surface area (Å²) in [6.45, 7) is 3.96. The zero-order valence-corrected chi connectivity index (χ0v) is 17.5. The smallest absolute Gasteiger partial charge is 0.261 e. The van der Waals surface area contributed by atoms with Crippen molar-refractivity contribution in [2.75, 3.05) is 12.4 Å². The Morgan fingerprint density at radius 1 is 1.28 bits per heavy atom. The fourth-order valence-electron chi connectivity index (χ4n) is 5.11. The highest BCUT2D eigenvalue weighted by Crippen LogP contribution is 2.64. The van der Waals surface area contributed by atoms with Gasteiger partial charge in [0.05, 0.1) is 11.2 Å². The molecule has 29 heavy (non-hydrogen) atoms. The van der Waals surface area contributed by atoms with Crippen molar-refractivity contribution in [2.24, 2.45) is 21.7 Å². The highest BCUT2D eigenvalue weighted by atomic mass is 32.2. The highest BCUT2D eigenvalue weighted by molar-refractivity contribution is 7.90.